The van der Waals surface area contributed by atoms with Crippen LogP contribution in [-0.2, 0) is 13.1 Å². The molecule has 0 bridgehead atoms. The Hall–Kier alpha value is -1.96. The highest BCUT2D eigenvalue weighted by Gasteiger charge is 2.21. The molecule has 0 amide bonds. The number of fused-ring (bicyclic) bond motifs is 1. The molecule has 0 aromatic heterocycles. The Morgan fingerprint density at radius 2 is 1.59 bits per heavy atom. The number of hydrogen-bond acceptors (Lipinski definition) is 2. The van der Waals surface area contributed by atoms with Crippen LogP contribution >= 0.6 is 0 Å². The molecule has 0 saturated heterocycles. The molecule has 86 valence electrons. The fraction of sp³-hybridized carbons (Fsp3) is 0.200. The monoisotopic (exact) mass is 224 g/mol. The maximum Gasteiger partial charge on any atom is 0.0635 e. The van der Waals surface area contributed by atoms with E-state index in [2.05, 4.69) is 42.2 Å². The summed E-state index contributed by atoms with van der Waals surface area (Å²) in [4.78, 5) is 2.36. The maximum atomic E-state index is 6.09. The zero-order valence-corrected chi connectivity index (χ0v) is 9.98. The molecule has 1 aliphatic rings. The third-order valence-electron chi connectivity index (χ3n) is 3.43. The molecule has 0 radical (unpaired) electrons. The molecule has 0 saturated carbocycles. The van der Waals surface area contributed by atoms with Gasteiger partial charge in [-0.25, -0.2) is 0 Å². The summed E-state index contributed by atoms with van der Waals surface area (Å²) >= 11 is 0. The Morgan fingerprint density at radius 3 is 2.18 bits per heavy atom. The van der Waals surface area contributed by atoms with Crippen molar-refractivity contribution in [3.63, 3.8) is 0 Å². The van der Waals surface area contributed by atoms with Gasteiger partial charge in [0, 0.05) is 13.1 Å². The first-order valence-corrected chi connectivity index (χ1v) is 5.92. The second kappa shape index (κ2) is 3.81. The van der Waals surface area contributed by atoms with Gasteiger partial charge in [-0.2, -0.15) is 0 Å². The van der Waals surface area contributed by atoms with Crippen LogP contribution in [0.1, 0.15) is 16.7 Å². The number of nitrogen functional groups attached to an aromatic ring is 1. The maximum absolute atomic E-state index is 6.09. The highest BCUT2D eigenvalue weighted by Crippen LogP contribution is 2.34. The van der Waals surface area contributed by atoms with Gasteiger partial charge < -0.3 is 10.6 Å². The van der Waals surface area contributed by atoms with E-state index in [-0.39, 0.29) is 0 Å². The van der Waals surface area contributed by atoms with Gasteiger partial charge >= 0.3 is 0 Å². The first-order valence-electron chi connectivity index (χ1n) is 5.92. The summed E-state index contributed by atoms with van der Waals surface area (Å²) in [5, 5.41) is 0. The molecule has 0 atom stereocenters. The van der Waals surface area contributed by atoms with E-state index in [4.69, 9.17) is 5.73 Å². The summed E-state index contributed by atoms with van der Waals surface area (Å²) < 4.78 is 0. The molecular formula is C15H16N2. The number of para-hydroxylation sites is 1. The van der Waals surface area contributed by atoms with E-state index in [9.17, 15) is 0 Å². The predicted octanol–water partition coefficient (Wildman–Crippen LogP) is 3.10. The molecule has 2 aromatic rings. The second-order valence-electron chi connectivity index (χ2n) is 4.64. The summed E-state index contributed by atoms with van der Waals surface area (Å²) in [6.45, 7) is 4.05. The predicted molar refractivity (Wildman–Crippen MR) is 71.9 cm³/mol. The molecule has 1 aliphatic heterocycles. The molecule has 0 spiro atoms. The van der Waals surface area contributed by atoms with Gasteiger partial charge in [0.15, 0.2) is 0 Å². The minimum absolute atomic E-state index is 0.873. The van der Waals surface area contributed by atoms with Crippen LogP contribution in [-0.4, -0.2) is 0 Å². The molecule has 17 heavy (non-hydrogen) atoms. The Bertz CT molecular complexity index is 515. The van der Waals surface area contributed by atoms with Crippen LogP contribution in [0.5, 0.6) is 0 Å². The molecular weight excluding hydrogens is 208 g/mol. The number of rotatable bonds is 1. The smallest absolute Gasteiger partial charge is 0.0635 e. The summed E-state index contributed by atoms with van der Waals surface area (Å²) in [6, 6.07) is 14.7. The van der Waals surface area contributed by atoms with Crippen molar-refractivity contribution >= 4 is 11.4 Å². The summed E-state index contributed by atoms with van der Waals surface area (Å²) in [5.41, 5.74) is 12.2. The SMILES string of the molecule is Cc1cccc(N)c1N1Cc2ccccc2C1. The number of nitrogens with zero attached hydrogens (tertiary/aromatic N) is 1. The molecule has 3 rings (SSSR count). The van der Waals surface area contributed by atoms with Gasteiger partial charge in [-0.05, 0) is 29.7 Å². The third kappa shape index (κ3) is 1.66. The largest absolute Gasteiger partial charge is 0.397 e. The first-order chi connectivity index (χ1) is 8.25. The Morgan fingerprint density at radius 1 is 0.941 bits per heavy atom. The lowest BCUT2D eigenvalue weighted by molar-refractivity contribution is 0.877. The van der Waals surface area contributed by atoms with Gasteiger partial charge in [-0.15, -0.1) is 0 Å². The van der Waals surface area contributed by atoms with E-state index in [1.807, 2.05) is 12.1 Å². The number of hydrogen-bond donors (Lipinski definition) is 1. The third-order valence-corrected chi connectivity index (χ3v) is 3.43. The van der Waals surface area contributed by atoms with Crippen LogP contribution in [0.15, 0.2) is 42.5 Å². The Labute approximate surface area is 102 Å². The lowest BCUT2D eigenvalue weighted by atomic mass is 10.1. The average Bonchev–Trinajstić information content (AvgIpc) is 2.71. The van der Waals surface area contributed by atoms with E-state index in [0.29, 0.717) is 0 Å². The highest BCUT2D eigenvalue weighted by molar-refractivity contribution is 5.72. The van der Waals surface area contributed by atoms with Crippen LogP contribution in [0.3, 0.4) is 0 Å². The minimum atomic E-state index is 0.873. The van der Waals surface area contributed by atoms with Gasteiger partial charge in [-0.3, -0.25) is 0 Å². The van der Waals surface area contributed by atoms with Crippen molar-refractivity contribution in [3.05, 3.63) is 59.2 Å². The quantitative estimate of drug-likeness (QED) is 0.754. The lowest BCUT2D eigenvalue weighted by Gasteiger charge is -2.22. The van der Waals surface area contributed by atoms with Crippen molar-refractivity contribution < 1.29 is 0 Å². The molecule has 0 unspecified atom stereocenters. The topological polar surface area (TPSA) is 29.3 Å². The van der Waals surface area contributed by atoms with Crippen molar-refractivity contribution in [1.82, 2.24) is 0 Å². The molecule has 2 heteroatoms. The minimum Gasteiger partial charge on any atom is -0.397 e. The van der Waals surface area contributed by atoms with E-state index >= 15 is 0 Å². The summed E-state index contributed by atoms with van der Waals surface area (Å²) in [6.07, 6.45) is 0. The van der Waals surface area contributed by atoms with Crippen LogP contribution in [0.2, 0.25) is 0 Å². The van der Waals surface area contributed by atoms with Crippen molar-refractivity contribution in [1.29, 1.82) is 0 Å². The van der Waals surface area contributed by atoms with Crippen molar-refractivity contribution in [2.45, 2.75) is 20.0 Å². The number of benzene rings is 2. The number of nitrogens with two attached hydrogens (primary N) is 1. The number of anilines is 2. The fourth-order valence-corrected chi connectivity index (χ4v) is 2.60. The van der Waals surface area contributed by atoms with Crippen LogP contribution in [0.25, 0.3) is 0 Å². The first kappa shape index (κ1) is 10.2. The molecule has 0 fully saturated rings. The van der Waals surface area contributed by atoms with E-state index < -0.39 is 0 Å². The molecule has 1 heterocycles. The zero-order valence-electron chi connectivity index (χ0n) is 9.98. The molecule has 2 nitrogen and oxygen atoms in total. The standard InChI is InChI=1S/C15H16N2/c1-11-5-4-8-14(16)15(11)17-9-12-6-2-3-7-13(12)10-17/h2-8H,9-10,16H2,1H3. The summed E-state index contributed by atoms with van der Waals surface area (Å²) in [5.74, 6) is 0. The van der Waals surface area contributed by atoms with Crippen molar-refractivity contribution in [3.8, 4) is 0 Å². The highest BCUT2D eigenvalue weighted by atomic mass is 15.2. The van der Waals surface area contributed by atoms with Gasteiger partial charge in [0.1, 0.15) is 0 Å². The Kier molecular flexibility index (Phi) is 2.29. The lowest BCUT2D eigenvalue weighted by Crippen LogP contribution is -2.17. The average molecular weight is 224 g/mol. The van der Waals surface area contributed by atoms with Crippen LogP contribution in [0.4, 0.5) is 11.4 Å². The van der Waals surface area contributed by atoms with Crippen molar-refractivity contribution in [2.24, 2.45) is 0 Å². The molecule has 2 aromatic carbocycles. The Balaban J connectivity index is 1.99. The van der Waals surface area contributed by atoms with E-state index in [1.165, 1.54) is 22.4 Å². The van der Waals surface area contributed by atoms with E-state index in [0.717, 1.165) is 18.8 Å². The normalized spacial score (nSPS) is 13.8. The summed E-state index contributed by atoms with van der Waals surface area (Å²) in [7, 11) is 0. The molecule has 2 N–H and O–H groups in total. The molecule has 0 aliphatic carbocycles. The van der Waals surface area contributed by atoms with Gasteiger partial charge in [-0.1, -0.05) is 36.4 Å². The fourth-order valence-electron chi connectivity index (χ4n) is 2.60. The van der Waals surface area contributed by atoms with Gasteiger partial charge in [0.25, 0.3) is 0 Å². The second-order valence-corrected chi connectivity index (χ2v) is 4.64. The van der Waals surface area contributed by atoms with E-state index in [1.54, 1.807) is 0 Å². The zero-order chi connectivity index (χ0) is 11.8. The van der Waals surface area contributed by atoms with Gasteiger partial charge in [0.05, 0.1) is 11.4 Å². The number of aryl methyl sites for hydroxylation is 1. The van der Waals surface area contributed by atoms with Crippen molar-refractivity contribution in [2.75, 3.05) is 10.6 Å². The van der Waals surface area contributed by atoms with Crippen LogP contribution < -0.4 is 10.6 Å². The van der Waals surface area contributed by atoms with Crippen LogP contribution in [0, 0.1) is 6.92 Å². The van der Waals surface area contributed by atoms with Gasteiger partial charge in [0.2, 0.25) is 0 Å².